The van der Waals surface area contributed by atoms with E-state index in [1.807, 2.05) is 23.1 Å². The SMILES string of the molecule is CCCN(C(=O)C1OCCc2ccccc21)C1CNC1. The average Bonchev–Trinajstić information content (AvgIpc) is 2.43. The maximum atomic E-state index is 12.9. The standard InChI is InChI=1S/C16H22N2O2/c1-2-8-18(13-10-17-11-13)16(19)15-14-6-4-3-5-12(14)7-9-20-15/h3-6,13,15,17H,2,7-11H2,1H3. The summed E-state index contributed by atoms with van der Waals surface area (Å²) in [5, 5.41) is 3.24. The van der Waals surface area contributed by atoms with Crippen molar-refractivity contribution in [2.24, 2.45) is 0 Å². The van der Waals surface area contributed by atoms with Crippen LogP contribution < -0.4 is 5.32 Å². The first-order valence-corrected chi connectivity index (χ1v) is 7.52. The minimum atomic E-state index is -0.410. The summed E-state index contributed by atoms with van der Waals surface area (Å²) < 4.78 is 5.80. The van der Waals surface area contributed by atoms with E-state index in [2.05, 4.69) is 18.3 Å². The lowest BCUT2D eigenvalue weighted by Crippen LogP contribution is -2.60. The number of carbonyl (C=O) groups excluding carboxylic acids is 1. The van der Waals surface area contributed by atoms with Crippen LogP contribution >= 0.6 is 0 Å². The van der Waals surface area contributed by atoms with E-state index in [1.54, 1.807) is 0 Å². The quantitative estimate of drug-likeness (QED) is 0.905. The first kappa shape index (κ1) is 13.6. The Morgan fingerprint density at radius 1 is 1.40 bits per heavy atom. The fourth-order valence-corrected chi connectivity index (χ4v) is 2.96. The molecular weight excluding hydrogens is 252 g/mol. The van der Waals surface area contributed by atoms with Gasteiger partial charge in [-0.15, -0.1) is 0 Å². The van der Waals surface area contributed by atoms with Crippen molar-refractivity contribution in [3.05, 3.63) is 35.4 Å². The van der Waals surface area contributed by atoms with E-state index in [4.69, 9.17) is 4.74 Å². The van der Waals surface area contributed by atoms with Crippen LogP contribution in [0.1, 0.15) is 30.6 Å². The second-order valence-electron chi connectivity index (χ2n) is 5.54. The summed E-state index contributed by atoms with van der Waals surface area (Å²) in [6.07, 6.45) is 1.47. The molecule has 4 heteroatoms. The van der Waals surface area contributed by atoms with Gasteiger partial charge < -0.3 is 15.0 Å². The molecule has 1 atom stereocenters. The molecule has 1 aromatic carbocycles. The summed E-state index contributed by atoms with van der Waals surface area (Å²) in [5.74, 6) is 0.130. The molecule has 0 aromatic heterocycles. The van der Waals surface area contributed by atoms with E-state index in [0.29, 0.717) is 12.6 Å². The number of nitrogens with one attached hydrogen (secondary N) is 1. The van der Waals surface area contributed by atoms with E-state index in [0.717, 1.165) is 38.0 Å². The van der Waals surface area contributed by atoms with Crippen molar-refractivity contribution in [1.29, 1.82) is 0 Å². The summed E-state index contributed by atoms with van der Waals surface area (Å²) in [6, 6.07) is 8.49. The highest BCUT2D eigenvalue weighted by Crippen LogP contribution is 2.29. The number of fused-ring (bicyclic) bond motifs is 1. The normalized spacial score (nSPS) is 21.9. The monoisotopic (exact) mass is 274 g/mol. The van der Waals surface area contributed by atoms with Gasteiger partial charge >= 0.3 is 0 Å². The van der Waals surface area contributed by atoms with Crippen molar-refractivity contribution < 1.29 is 9.53 Å². The number of hydrogen-bond acceptors (Lipinski definition) is 3. The summed E-state index contributed by atoms with van der Waals surface area (Å²) in [5.41, 5.74) is 2.30. The van der Waals surface area contributed by atoms with Crippen LogP contribution in [0.15, 0.2) is 24.3 Å². The molecule has 0 spiro atoms. The van der Waals surface area contributed by atoms with Gasteiger partial charge in [-0.25, -0.2) is 0 Å². The largest absolute Gasteiger partial charge is 0.363 e. The van der Waals surface area contributed by atoms with E-state index in [-0.39, 0.29) is 5.91 Å². The lowest BCUT2D eigenvalue weighted by Gasteiger charge is -2.40. The van der Waals surface area contributed by atoms with Crippen LogP contribution in [0, 0.1) is 0 Å². The van der Waals surface area contributed by atoms with Crippen molar-refractivity contribution in [3.63, 3.8) is 0 Å². The summed E-state index contributed by atoms with van der Waals surface area (Å²) in [6.45, 7) is 5.37. The number of rotatable bonds is 4. The molecule has 1 aromatic rings. The zero-order valence-electron chi connectivity index (χ0n) is 12.0. The zero-order chi connectivity index (χ0) is 13.9. The van der Waals surface area contributed by atoms with Crippen molar-refractivity contribution in [3.8, 4) is 0 Å². The topological polar surface area (TPSA) is 41.6 Å². The lowest BCUT2D eigenvalue weighted by atomic mass is 9.96. The minimum absolute atomic E-state index is 0.130. The number of amides is 1. The molecule has 1 amide bonds. The highest BCUT2D eigenvalue weighted by Gasteiger charge is 2.35. The van der Waals surface area contributed by atoms with Crippen LogP contribution in [-0.4, -0.2) is 43.1 Å². The van der Waals surface area contributed by atoms with Crippen LogP contribution in [0.3, 0.4) is 0 Å². The summed E-state index contributed by atoms with van der Waals surface area (Å²) in [4.78, 5) is 14.9. The molecule has 0 saturated carbocycles. The maximum absolute atomic E-state index is 12.9. The van der Waals surface area contributed by atoms with Gasteiger partial charge in [0.25, 0.3) is 5.91 Å². The van der Waals surface area contributed by atoms with Crippen LogP contribution in [0.5, 0.6) is 0 Å². The van der Waals surface area contributed by atoms with E-state index in [9.17, 15) is 4.79 Å². The van der Waals surface area contributed by atoms with Gasteiger partial charge in [0.15, 0.2) is 6.10 Å². The van der Waals surface area contributed by atoms with E-state index < -0.39 is 6.10 Å². The van der Waals surface area contributed by atoms with Gasteiger partial charge in [-0.2, -0.15) is 0 Å². The van der Waals surface area contributed by atoms with Gasteiger partial charge in [0.2, 0.25) is 0 Å². The Hall–Kier alpha value is -1.39. The third-order valence-corrected chi connectivity index (χ3v) is 4.17. The number of nitrogens with zero attached hydrogens (tertiary/aromatic N) is 1. The zero-order valence-corrected chi connectivity index (χ0v) is 12.0. The van der Waals surface area contributed by atoms with Crippen molar-refractivity contribution in [1.82, 2.24) is 10.2 Å². The number of benzene rings is 1. The van der Waals surface area contributed by atoms with Crippen LogP contribution in [0.25, 0.3) is 0 Å². The number of hydrogen-bond donors (Lipinski definition) is 1. The molecule has 2 aliphatic rings. The van der Waals surface area contributed by atoms with Gasteiger partial charge in [-0.05, 0) is 24.0 Å². The third-order valence-electron chi connectivity index (χ3n) is 4.17. The Morgan fingerprint density at radius 2 is 2.20 bits per heavy atom. The second-order valence-corrected chi connectivity index (χ2v) is 5.54. The van der Waals surface area contributed by atoms with Crippen molar-refractivity contribution in [2.75, 3.05) is 26.2 Å². The number of ether oxygens (including phenoxy) is 1. The second kappa shape index (κ2) is 5.94. The Bertz CT molecular complexity index is 485. The van der Waals surface area contributed by atoms with Crippen molar-refractivity contribution in [2.45, 2.75) is 31.9 Å². The average molecular weight is 274 g/mol. The van der Waals surface area contributed by atoms with Gasteiger partial charge in [0.1, 0.15) is 0 Å². The fourth-order valence-electron chi connectivity index (χ4n) is 2.96. The minimum Gasteiger partial charge on any atom is -0.363 e. The molecule has 108 valence electrons. The highest BCUT2D eigenvalue weighted by molar-refractivity contribution is 5.83. The maximum Gasteiger partial charge on any atom is 0.256 e. The van der Waals surface area contributed by atoms with Gasteiger partial charge in [0.05, 0.1) is 12.6 Å². The summed E-state index contributed by atoms with van der Waals surface area (Å²) >= 11 is 0. The smallest absolute Gasteiger partial charge is 0.256 e. The molecule has 0 bridgehead atoms. The molecule has 1 N–H and O–H groups in total. The van der Waals surface area contributed by atoms with Gasteiger partial charge in [0, 0.05) is 19.6 Å². The highest BCUT2D eigenvalue weighted by atomic mass is 16.5. The molecule has 1 saturated heterocycles. The molecule has 0 aliphatic carbocycles. The lowest BCUT2D eigenvalue weighted by molar-refractivity contribution is -0.148. The molecule has 2 aliphatic heterocycles. The first-order valence-electron chi connectivity index (χ1n) is 7.52. The summed E-state index contributed by atoms with van der Waals surface area (Å²) in [7, 11) is 0. The predicted molar refractivity (Wildman–Crippen MR) is 77.5 cm³/mol. The Balaban J connectivity index is 1.82. The van der Waals surface area contributed by atoms with Crippen LogP contribution in [0.4, 0.5) is 0 Å². The van der Waals surface area contributed by atoms with E-state index in [1.165, 1.54) is 5.56 Å². The fraction of sp³-hybridized carbons (Fsp3) is 0.562. The molecule has 20 heavy (non-hydrogen) atoms. The molecule has 1 unspecified atom stereocenters. The molecule has 4 nitrogen and oxygen atoms in total. The van der Waals surface area contributed by atoms with Crippen LogP contribution in [-0.2, 0) is 16.0 Å². The molecule has 2 heterocycles. The van der Waals surface area contributed by atoms with Gasteiger partial charge in [-0.1, -0.05) is 31.2 Å². The van der Waals surface area contributed by atoms with Crippen LogP contribution in [0.2, 0.25) is 0 Å². The Labute approximate surface area is 120 Å². The Morgan fingerprint density at radius 3 is 2.90 bits per heavy atom. The molecule has 0 radical (unpaired) electrons. The Kier molecular flexibility index (Phi) is 4.03. The van der Waals surface area contributed by atoms with Crippen molar-refractivity contribution >= 4 is 5.91 Å². The third kappa shape index (κ3) is 2.45. The van der Waals surface area contributed by atoms with Gasteiger partial charge in [-0.3, -0.25) is 4.79 Å². The first-order chi connectivity index (χ1) is 9.81. The molecule has 3 rings (SSSR count). The molecular formula is C16H22N2O2. The van der Waals surface area contributed by atoms with E-state index >= 15 is 0 Å². The predicted octanol–water partition coefficient (Wildman–Crippen LogP) is 1.51. The molecule has 1 fully saturated rings. The number of carbonyl (C=O) groups is 1.